The van der Waals surface area contributed by atoms with Crippen LogP contribution in [0.4, 0.5) is 10.5 Å². The maximum absolute atomic E-state index is 12.8. The smallest absolute Gasteiger partial charge is 0.414 e. The van der Waals surface area contributed by atoms with Crippen LogP contribution in [0.25, 0.3) is 0 Å². The number of alkyl carbamates (subject to hydrolysis) is 1. The summed E-state index contributed by atoms with van der Waals surface area (Å²) in [6.45, 7) is 7.64. The summed E-state index contributed by atoms with van der Waals surface area (Å²) in [6.07, 6.45) is 4.79. The Kier molecular flexibility index (Phi) is 8.24. The Bertz CT molecular complexity index is 1220. The van der Waals surface area contributed by atoms with E-state index in [4.69, 9.17) is 4.74 Å². The Morgan fingerprint density at radius 3 is 2.51 bits per heavy atom. The first-order valence-electron chi connectivity index (χ1n) is 11.4. The standard InChI is InChI=1S/C24H31N7O4/c1-5-18-19(30-22(33)29-18)20(32)15-8-10-16(11-9-15)28-21(31-23(34)35-24(2,3)4)26-12-6-7-17-13-25-14-27-17/h8-11,13-14H,5-7,12H2,1-4H3,(H,25,27)(H2,29,30,33)(H2,26,28,31,34). The molecule has 3 rings (SSSR count). The fourth-order valence-corrected chi connectivity index (χ4v) is 3.26. The van der Waals surface area contributed by atoms with Gasteiger partial charge in [-0.1, -0.05) is 6.92 Å². The van der Waals surface area contributed by atoms with E-state index >= 15 is 0 Å². The predicted octanol–water partition coefficient (Wildman–Crippen LogP) is 3.14. The third-order valence-corrected chi connectivity index (χ3v) is 4.84. The summed E-state index contributed by atoms with van der Waals surface area (Å²) >= 11 is 0. The van der Waals surface area contributed by atoms with Crippen molar-refractivity contribution in [3.8, 4) is 0 Å². The molecule has 0 spiro atoms. The molecule has 0 saturated carbocycles. The van der Waals surface area contributed by atoms with Gasteiger partial charge in [-0.2, -0.15) is 0 Å². The molecule has 0 aliphatic rings. The molecule has 0 aliphatic carbocycles. The molecule has 0 unspecified atom stereocenters. The van der Waals surface area contributed by atoms with E-state index in [1.54, 1.807) is 57.6 Å². The van der Waals surface area contributed by atoms with Gasteiger partial charge < -0.3 is 25.0 Å². The second kappa shape index (κ2) is 11.3. The average molecular weight is 482 g/mol. The third kappa shape index (κ3) is 7.70. The number of rotatable bonds is 8. The van der Waals surface area contributed by atoms with Crippen LogP contribution in [0.5, 0.6) is 0 Å². The van der Waals surface area contributed by atoms with Crippen LogP contribution in [0.2, 0.25) is 0 Å². The molecule has 0 atom stereocenters. The lowest BCUT2D eigenvalue weighted by Crippen LogP contribution is -2.40. The van der Waals surface area contributed by atoms with Gasteiger partial charge in [0.05, 0.1) is 6.33 Å². The molecule has 0 fully saturated rings. The Balaban J connectivity index is 1.70. The quantitative estimate of drug-likeness (QED) is 0.144. The molecular formula is C24H31N7O4. The van der Waals surface area contributed by atoms with Gasteiger partial charge in [-0.05, 0) is 64.3 Å². The number of aromatic amines is 3. The lowest BCUT2D eigenvalue weighted by Gasteiger charge is -2.20. The molecule has 3 aromatic rings. The largest absolute Gasteiger partial charge is 0.444 e. The molecule has 186 valence electrons. The number of aliphatic imine (C=N–C) groups is 1. The van der Waals surface area contributed by atoms with E-state index in [2.05, 4.69) is 35.6 Å². The molecule has 0 radical (unpaired) electrons. The molecule has 0 aliphatic heterocycles. The summed E-state index contributed by atoms with van der Waals surface area (Å²) < 4.78 is 5.33. The number of guanidine groups is 1. The molecule has 35 heavy (non-hydrogen) atoms. The number of hydrogen-bond acceptors (Lipinski definition) is 6. The number of H-pyrrole nitrogens is 3. The normalized spacial score (nSPS) is 11.8. The van der Waals surface area contributed by atoms with Gasteiger partial charge >= 0.3 is 11.8 Å². The van der Waals surface area contributed by atoms with Gasteiger partial charge in [0.25, 0.3) is 0 Å². The van der Waals surface area contributed by atoms with Crippen molar-refractivity contribution in [2.24, 2.45) is 4.99 Å². The maximum Gasteiger partial charge on any atom is 0.414 e. The number of amides is 1. The number of benzene rings is 1. The van der Waals surface area contributed by atoms with Crippen LogP contribution in [0.3, 0.4) is 0 Å². The molecule has 2 heterocycles. The monoisotopic (exact) mass is 481 g/mol. The fraction of sp³-hybridized carbons (Fsp3) is 0.375. The number of ether oxygens (including phenoxy) is 1. The van der Waals surface area contributed by atoms with Crippen molar-refractivity contribution in [3.05, 3.63) is 69.9 Å². The van der Waals surface area contributed by atoms with Gasteiger partial charge in [-0.15, -0.1) is 0 Å². The summed E-state index contributed by atoms with van der Waals surface area (Å²) in [5.74, 6) is -0.0579. The fourth-order valence-electron chi connectivity index (χ4n) is 3.26. The van der Waals surface area contributed by atoms with Crippen molar-refractivity contribution < 1.29 is 14.3 Å². The Labute approximate surface area is 202 Å². The first-order chi connectivity index (χ1) is 16.6. The highest BCUT2D eigenvalue weighted by Crippen LogP contribution is 2.15. The second-order valence-corrected chi connectivity index (χ2v) is 8.86. The lowest BCUT2D eigenvalue weighted by atomic mass is 10.1. The summed E-state index contributed by atoms with van der Waals surface area (Å²) in [6, 6.07) is 6.67. The van der Waals surface area contributed by atoms with Crippen LogP contribution in [0, 0.1) is 0 Å². The number of aromatic nitrogens is 4. The van der Waals surface area contributed by atoms with E-state index in [-0.39, 0.29) is 17.4 Å². The van der Waals surface area contributed by atoms with Gasteiger partial charge in [0.1, 0.15) is 11.3 Å². The zero-order valence-corrected chi connectivity index (χ0v) is 20.3. The maximum atomic E-state index is 12.8. The van der Waals surface area contributed by atoms with Crippen molar-refractivity contribution >= 4 is 23.5 Å². The number of nitrogens with zero attached hydrogens (tertiary/aromatic N) is 2. The minimum Gasteiger partial charge on any atom is -0.444 e. The van der Waals surface area contributed by atoms with Crippen LogP contribution in [-0.2, 0) is 17.6 Å². The molecule has 11 heteroatoms. The summed E-state index contributed by atoms with van der Waals surface area (Å²) in [4.78, 5) is 53.4. The van der Waals surface area contributed by atoms with Crippen LogP contribution in [-0.4, -0.2) is 49.9 Å². The zero-order chi connectivity index (χ0) is 25.4. The average Bonchev–Trinajstić information content (AvgIpc) is 3.44. The highest BCUT2D eigenvalue weighted by atomic mass is 16.6. The van der Waals surface area contributed by atoms with Gasteiger partial charge in [-0.25, -0.2) is 14.6 Å². The number of hydrogen-bond donors (Lipinski definition) is 5. The predicted molar refractivity (Wildman–Crippen MR) is 133 cm³/mol. The number of aryl methyl sites for hydroxylation is 2. The topological polar surface area (TPSA) is 157 Å². The highest BCUT2D eigenvalue weighted by Gasteiger charge is 2.18. The molecule has 5 N–H and O–H groups in total. The van der Waals surface area contributed by atoms with Crippen LogP contribution in [0.1, 0.15) is 61.6 Å². The minimum atomic E-state index is -0.658. The van der Waals surface area contributed by atoms with E-state index in [9.17, 15) is 14.4 Å². The van der Waals surface area contributed by atoms with Crippen molar-refractivity contribution in [2.75, 3.05) is 11.9 Å². The van der Waals surface area contributed by atoms with Gasteiger partial charge in [-0.3, -0.25) is 15.1 Å². The molecule has 0 bridgehead atoms. The summed E-state index contributed by atoms with van der Waals surface area (Å²) in [5, 5.41) is 5.71. The van der Waals surface area contributed by atoms with Crippen LogP contribution < -0.4 is 16.3 Å². The third-order valence-electron chi connectivity index (χ3n) is 4.84. The van der Waals surface area contributed by atoms with Crippen LogP contribution >= 0.6 is 0 Å². The van der Waals surface area contributed by atoms with Gasteiger partial charge in [0.2, 0.25) is 11.7 Å². The number of anilines is 1. The molecule has 2 aromatic heterocycles. The Morgan fingerprint density at radius 1 is 1.14 bits per heavy atom. The number of carbonyl (C=O) groups excluding carboxylic acids is 2. The number of carbonyl (C=O) groups is 2. The molecular weight excluding hydrogens is 450 g/mol. The molecule has 1 aromatic carbocycles. The number of nitrogens with one attached hydrogen (secondary N) is 5. The first-order valence-corrected chi connectivity index (χ1v) is 11.4. The molecule has 0 saturated heterocycles. The summed E-state index contributed by atoms with van der Waals surface area (Å²) in [5.41, 5.74) is 1.78. The number of imidazole rings is 2. The molecule has 1 amide bonds. The van der Waals surface area contributed by atoms with Gasteiger partial charge in [0, 0.05) is 35.4 Å². The van der Waals surface area contributed by atoms with E-state index in [1.807, 2.05) is 6.92 Å². The minimum absolute atomic E-state index is 0.228. The Morgan fingerprint density at radius 2 is 1.89 bits per heavy atom. The zero-order valence-electron chi connectivity index (χ0n) is 20.3. The Hall–Kier alpha value is -4.15. The summed E-state index contributed by atoms with van der Waals surface area (Å²) in [7, 11) is 0. The highest BCUT2D eigenvalue weighted by molar-refractivity contribution is 6.09. The van der Waals surface area contributed by atoms with Crippen molar-refractivity contribution in [2.45, 2.75) is 52.6 Å². The van der Waals surface area contributed by atoms with E-state index in [0.29, 0.717) is 29.9 Å². The van der Waals surface area contributed by atoms with Crippen molar-refractivity contribution in [3.63, 3.8) is 0 Å². The van der Waals surface area contributed by atoms with Crippen molar-refractivity contribution in [1.82, 2.24) is 25.3 Å². The molecule has 11 nitrogen and oxygen atoms in total. The van der Waals surface area contributed by atoms with E-state index < -0.39 is 17.4 Å². The van der Waals surface area contributed by atoms with E-state index in [1.165, 1.54) is 0 Å². The van der Waals surface area contributed by atoms with Crippen LogP contribution in [0.15, 0.2) is 46.6 Å². The SMILES string of the molecule is CCc1[nH]c(=O)[nH]c1C(=O)c1ccc(NC(=NCCCc2cnc[nH]2)NC(=O)OC(C)(C)C)cc1. The first kappa shape index (κ1) is 25.5. The lowest BCUT2D eigenvalue weighted by molar-refractivity contribution is 0.0563. The van der Waals surface area contributed by atoms with E-state index in [0.717, 1.165) is 18.5 Å². The number of ketones is 1. The van der Waals surface area contributed by atoms with Crippen molar-refractivity contribution in [1.29, 1.82) is 0 Å². The second-order valence-electron chi connectivity index (χ2n) is 8.86. The van der Waals surface area contributed by atoms with Gasteiger partial charge in [0.15, 0.2) is 0 Å².